The Morgan fingerprint density at radius 1 is 1.27 bits per heavy atom. The van der Waals surface area contributed by atoms with Gasteiger partial charge in [0.2, 0.25) is 4.74 Å². The number of nitrogens with zero attached hydrogens (tertiary/aromatic N) is 1. The van der Waals surface area contributed by atoms with Gasteiger partial charge in [0, 0.05) is 17.8 Å². The molecule has 0 aliphatic carbocycles. The Bertz CT molecular complexity index is 1020. The van der Waals surface area contributed by atoms with E-state index < -0.39 is 0 Å². The fourth-order valence-electron chi connectivity index (χ4n) is 2.80. The molecule has 136 valence electrons. The summed E-state index contributed by atoms with van der Waals surface area (Å²) in [4.78, 5) is 25.4. The number of aromatic amines is 1. The normalized spacial score (nSPS) is 10.8. The fourth-order valence-corrected chi connectivity index (χ4v) is 3.66. The highest BCUT2D eigenvalue weighted by Crippen LogP contribution is 2.34. The largest absolute Gasteiger partial charge is 0.493 e. The third kappa shape index (κ3) is 3.15. The van der Waals surface area contributed by atoms with Crippen molar-refractivity contribution in [1.82, 2.24) is 15.5 Å². The van der Waals surface area contributed by atoms with Crippen molar-refractivity contribution < 1.29 is 14.3 Å². The molecule has 2 aromatic heterocycles. The maximum Gasteiger partial charge on any atom is 0.261 e. The molecule has 0 aliphatic rings. The Balaban J connectivity index is 1.93. The van der Waals surface area contributed by atoms with E-state index >= 15 is 0 Å². The Hall–Kier alpha value is -2.87. The van der Waals surface area contributed by atoms with Crippen LogP contribution in [0.15, 0.2) is 23.0 Å². The smallest absolute Gasteiger partial charge is 0.261 e. The second-order valence-electron chi connectivity index (χ2n) is 5.76. The number of hydrogen-bond donors (Lipinski definition) is 2. The van der Waals surface area contributed by atoms with Crippen molar-refractivity contribution in [2.75, 3.05) is 14.2 Å². The summed E-state index contributed by atoms with van der Waals surface area (Å²) >= 11 is 0.883. The van der Waals surface area contributed by atoms with Crippen molar-refractivity contribution in [2.45, 2.75) is 20.4 Å². The summed E-state index contributed by atoms with van der Waals surface area (Å²) in [5, 5.41) is 10.9. The molecular weight excluding hydrogens is 354 g/mol. The summed E-state index contributed by atoms with van der Waals surface area (Å²) in [5.74, 6) is 0.555. The number of benzene rings is 1. The SMILES string of the molecule is COc1ccc2cc(C(=O)NCc3c(C)n[nH]c3C)sc(=O)c2c1OC. The van der Waals surface area contributed by atoms with Gasteiger partial charge in [0.05, 0.1) is 30.2 Å². The summed E-state index contributed by atoms with van der Waals surface area (Å²) in [7, 11) is 3.00. The van der Waals surface area contributed by atoms with Crippen LogP contribution in [0.1, 0.15) is 26.6 Å². The van der Waals surface area contributed by atoms with E-state index in [-0.39, 0.29) is 10.6 Å². The summed E-state index contributed by atoms with van der Waals surface area (Å²) in [6, 6.07) is 5.14. The zero-order valence-electron chi connectivity index (χ0n) is 14.9. The van der Waals surface area contributed by atoms with Crippen molar-refractivity contribution in [3.05, 3.63) is 49.6 Å². The van der Waals surface area contributed by atoms with Gasteiger partial charge in [0.25, 0.3) is 5.91 Å². The van der Waals surface area contributed by atoms with Crippen LogP contribution in [0.2, 0.25) is 0 Å². The zero-order chi connectivity index (χ0) is 18.8. The van der Waals surface area contributed by atoms with E-state index in [1.165, 1.54) is 14.2 Å². The van der Waals surface area contributed by atoms with Gasteiger partial charge in [0.1, 0.15) is 0 Å². The summed E-state index contributed by atoms with van der Waals surface area (Å²) < 4.78 is 10.3. The second kappa shape index (κ2) is 7.17. The Morgan fingerprint density at radius 3 is 2.65 bits per heavy atom. The number of rotatable bonds is 5. The fraction of sp³-hybridized carbons (Fsp3) is 0.278. The van der Waals surface area contributed by atoms with Gasteiger partial charge in [-0.25, -0.2) is 0 Å². The lowest BCUT2D eigenvalue weighted by molar-refractivity contribution is 0.0955. The maximum absolute atomic E-state index is 12.6. The van der Waals surface area contributed by atoms with Gasteiger partial charge in [-0.3, -0.25) is 14.7 Å². The highest BCUT2D eigenvalue weighted by molar-refractivity contribution is 7.12. The highest BCUT2D eigenvalue weighted by Gasteiger charge is 2.17. The minimum atomic E-state index is -0.302. The lowest BCUT2D eigenvalue weighted by Gasteiger charge is -2.11. The van der Waals surface area contributed by atoms with Crippen LogP contribution < -0.4 is 19.5 Å². The standard InChI is InChI=1S/C18H19N3O4S/c1-9-12(10(2)21-20-9)8-19-17(22)14-7-11-5-6-13(24-3)16(25-4)15(11)18(23)26-14/h5-7H,8H2,1-4H3,(H,19,22)(H,20,21). The number of aromatic nitrogens is 2. The predicted molar refractivity (Wildman–Crippen MR) is 100 cm³/mol. The molecule has 3 aromatic rings. The molecular formula is C18H19N3O4S. The number of fused-ring (bicyclic) bond motifs is 1. The molecule has 0 saturated carbocycles. The predicted octanol–water partition coefficient (Wildman–Crippen LogP) is 2.55. The number of methoxy groups -OCH3 is 2. The van der Waals surface area contributed by atoms with Crippen LogP contribution in [0.4, 0.5) is 0 Å². The van der Waals surface area contributed by atoms with E-state index in [0.717, 1.165) is 28.3 Å². The van der Waals surface area contributed by atoms with Gasteiger partial charge in [-0.1, -0.05) is 17.4 Å². The van der Waals surface area contributed by atoms with Gasteiger partial charge >= 0.3 is 0 Å². The van der Waals surface area contributed by atoms with E-state index in [1.54, 1.807) is 18.2 Å². The van der Waals surface area contributed by atoms with E-state index in [2.05, 4.69) is 15.5 Å². The van der Waals surface area contributed by atoms with E-state index in [4.69, 9.17) is 9.47 Å². The number of ether oxygens (including phenoxy) is 2. The highest BCUT2D eigenvalue weighted by atomic mass is 32.1. The zero-order valence-corrected chi connectivity index (χ0v) is 15.7. The number of aryl methyl sites for hydroxylation is 2. The Labute approximate surface area is 154 Å². The minimum absolute atomic E-state index is 0.251. The van der Waals surface area contributed by atoms with Gasteiger partial charge in [-0.2, -0.15) is 5.10 Å². The molecule has 1 aromatic carbocycles. The first-order valence-electron chi connectivity index (χ1n) is 7.93. The third-order valence-electron chi connectivity index (χ3n) is 4.20. The first kappa shape index (κ1) is 17.9. The van der Waals surface area contributed by atoms with Crippen molar-refractivity contribution in [2.24, 2.45) is 0 Å². The first-order valence-corrected chi connectivity index (χ1v) is 8.75. The molecule has 0 aliphatic heterocycles. The van der Waals surface area contributed by atoms with Gasteiger partial charge in [-0.05, 0) is 31.4 Å². The molecule has 0 radical (unpaired) electrons. The monoisotopic (exact) mass is 373 g/mol. The van der Waals surface area contributed by atoms with Crippen LogP contribution in [-0.2, 0) is 6.54 Å². The molecule has 7 nitrogen and oxygen atoms in total. The quantitative estimate of drug-likeness (QED) is 0.717. The molecule has 3 rings (SSSR count). The molecule has 2 heterocycles. The number of carbonyl (C=O) groups is 1. The van der Waals surface area contributed by atoms with E-state index in [1.807, 2.05) is 13.8 Å². The molecule has 2 N–H and O–H groups in total. The molecule has 0 fully saturated rings. The molecule has 0 spiro atoms. The summed E-state index contributed by atoms with van der Waals surface area (Å²) in [6.07, 6.45) is 0. The number of H-pyrrole nitrogens is 1. The molecule has 8 heteroatoms. The van der Waals surface area contributed by atoms with Crippen molar-refractivity contribution >= 4 is 28.0 Å². The second-order valence-corrected chi connectivity index (χ2v) is 6.77. The van der Waals surface area contributed by atoms with Crippen LogP contribution in [0, 0.1) is 13.8 Å². The summed E-state index contributed by atoms with van der Waals surface area (Å²) in [6.45, 7) is 4.12. The van der Waals surface area contributed by atoms with Crippen LogP contribution in [-0.4, -0.2) is 30.3 Å². The average molecular weight is 373 g/mol. The number of hydrogen-bond acceptors (Lipinski definition) is 6. The van der Waals surface area contributed by atoms with E-state index in [0.29, 0.717) is 33.7 Å². The number of amides is 1. The van der Waals surface area contributed by atoms with Gasteiger partial charge < -0.3 is 14.8 Å². The Morgan fingerprint density at radius 2 is 2.04 bits per heavy atom. The minimum Gasteiger partial charge on any atom is -0.493 e. The number of carbonyl (C=O) groups excluding carboxylic acids is 1. The molecule has 0 bridgehead atoms. The average Bonchev–Trinajstić information content (AvgIpc) is 2.96. The van der Waals surface area contributed by atoms with Crippen molar-refractivity contribution in [3.63, 3.8) is 0 Å². The molecule has 0 atom stereocenters. The molecule has 1 amide bonds. The molecule has 0 unspecified atom stereocenters. The maximum atomic E-state index is 12.6. The summed E-state index contributed by atoms with van der Waals surface area (Å²) in [5.41, 5.74) is 2.69. The van der Waals surface area contributed by atoms with Gasteiger partial charge in [-0.15, -0.1) is 0 Å². The van der Waals surface area contributed by atoms with Crippen LogP contribution in [0.25, 0.3) is 10.8 Å². The Kier molecular flexibility index (Phi) is 4.94. The van der Waals surface area contributed by atoms with Crippen LogP contribution >= 0.6 is 11.3 Å². The molecule has 0 saturated heterocycles. The first-order chi connectivity index (χ1) is 12.5. The topological polar surface area (TPSA) is 93.3 Å². The number of nitrogens with one attached hydrogen (secondary N) is 2. The lowest BCUT2D eigenvalue weighted by atomic mass is 10.1. The van der Waals surface area contributed by atoms with Crippen LogP contribution in [0.3, 0.4) is 0 Å². The van der Waals surface area contributed by atoms with E-state index in [9.17, 15) is 9.59 Å². The third-order valence-corrected chi connectivity index (χ3v) is 5.11. The van der Waals surface area contributed by atoms with Gasteiger partial charge in [0.15, 0.2) is 11.5 Å². The lowest BCUT2D eigenvalue weighted by Crippen LogP contribution is -2.23. The van der Waals surface area contributed by atoms with Crippen molar-refractivity contribution in [3.8, 4) is 11.5 Å². The van der Waals surface area contributed by atoms with Crippen molar-refractivity contribution in [1.29, 1.82) is 0 Å². The van der Waals surface area contributed by atoms with Crippen LogP contribution in [0.5, 0.6) is 11.5 Å². The molecule has 26 heavy (non-hydrogen) atoms.